The molecule has 0 spiro atoms. The van der Waals surface area contributed by atoms with Crippen LogP contribution in [0.1, 0.15) is 45.1 Å². The van der Waals surface area contributed by atoms with Crippen molar-refractivity contribution in [1.82, 2.24) is 9.88 Å². The molecular weight excluding hydrogens is 390 g/mol. The smallest absolute Gasteiger partial charge is 0.300 e. The molecule has 1 aromatic heterocycles. The maximum atomic E-state index is 12.6. The van der Waals surface area contributed by atoms with Gasteiger partial charge in [0.2, 0.25) is 5.91 Å². The first-order chi connectivity index (χ1) is 14.0. The van der Waals surface area contributed by atoms with Crippen LogP contribution in [0.25, 0.3) is 0 Å². The van der Waals surface area contributed by atoms with Crippen LogP contribution >= 0.6 is 0 Å². The maximum Gasteiger partial charge on any atom is 0.300 e. The van der Waals surface area contributed by atoms with Gasteiger partial charge in [-0.15, -0.1) is 0 Å². The zero-order valence-electron chi connectivity index (χ0n) is 17.8. The molecule has 5 N–H and O–H groups in total. The van der Waals surface area contributed by atoms with Crippen molar-refractivity contribution >= 4 is 17.8 Å². The van der Waals surface area contributed by atoms with E-state index in [0.29, 0.717) is 18.3 Å². The fourth-order valence-corrected chi connectivity index (χ4v) is 4.17. The van der Waals surface area contributed by atoms with Crippen molar-refractivity contribution in [2.75, 3.05) is 7.05 Å². The van der Waals surface area contributed by atoms with Gasteiger partial charge in [-0.3, -0.25) is 19.4 Å². The van der Waals surface area contributed by atoms with Gasteiger partial charge in [0.1, 0.15) is 0 Å². The van der Waals surface area contributed by atoms with E-state index in [0.717, 1.165) is 45.1 Å². The number of aliphatic carboxylic acids is 2. The topological polar surface area (TPSA) is 154 Å². The molecule has 3 rings (SSSR count). The summed E-state index contributed by atoms with van der Waals surface area (Å²) in [7, 11) is 1.87. The Morgan fingerprint density at radius 2 is 1.50 bits per heavy atom. The predicted molar refractivity (Wildman–Crippen MR) is 111 cm³/mol. The molecule has 1 amide bonds. The van der Waals surface area contributed by atoms with Gasteiger partial charge in [0.15, 0.2) is 0 Å². The van der Waals surface area contributed by atoms with E-state index < -0.39 is 18.0 Å². The SMILES string of the molecule is CC(=O)O.CC(=O)O.CN(C(=O)[C@@H](N)Cc1ccncc1)C1C[C@H]2CC(O)C[C@H]2C1. The van der Waals surface area contributed by atoms with E-state index in [1.807, 2.05) is 24.1 Å². The molecule has 1 heterocycles. The first-order valence-electron chi connectivity index (χ1n) is 9.99. The van der Waals surface area contributed by atoms with Crippen molar-refractivity contribution in [3.63, 3.8) is 0 Å². The Hall–Kier alpha value is -2.52. The van der Waals surface area contributed by atoms with Gasteiger partial charge >= 0.3 is 0 Å². The van der Waals surface area contributed by atoms with Gasteiger partial charge in [-0.1, -0.05) is 0 Å². The first-order valence-corrected chi connectivity index (χ1v) is 9.99. The number of nitrogens with zero attached hydrogens (tertiary/aromatic N) is 2. The third-order valence-electron chi connectivity index (χ3n) is 5.38. The van der Waals surface area contributed by atoms with Crippen molar-refractivity contribution in [3.8, 4) is 0 Å². The molecule has 9 heteroatoms. The quantitative estimate of drug-likeness (QED) is 0.562. The van der Waals surface area contributed by atoms with E-state index in [-0.39, 0.29) is 18.1 Å². The Labute approximate surface area is 176 Å². The minimum absolute atomic E-state index is 0.0161. The molecule has 168 valence electrons. The highest BCUT2D eigenvalue weighted by Crippen LogP contribution is 2.45. The Kier molecular flexibility index (Phi) is 10.4. The number of fused-ring (bicyclic) bond motifs is 1. The van der Waals surface area contributed by atoms with Crippen molar-refractivity contribution in [2.45, 2.75) is 64.1 Å². The predicted octanol–water partition coefficient (Wildman–Crippen LogP) is 1.14. The summed E-state index contributed by atoms with van der Waals surface area (Å²) in [6.07, 6.45) is 7.66. The number of aliphatic hydroxyl groups excluding tert-OH is 1. The lowest BCUT2D eigenvalue weighted by atomic mass is 10.0. The highest BCUT2D eigenvalue weighted by Gasteiger charge is 2.43. The number of nitrogens with two attached hydrogens (primary N) is 1. The van der Waals surface area contributed by atoms with Crippen LogP contribution in [0.3, 0.4) is 0 Å². The summed E-state index contributed by atoms with van der Waals surface area (Å²) in [6, 6.07) is 3.57. The fraction of sp³-hybridized carbons (Fsp3) is 0.619. The molecular formula is C21H33N3O6. The number of likely N-dealkylation sites (N-methyl/N-ethyl adjacent to an activating group) is 1. The molecule has 0 aromatic carbocycles. The molecule has 2 saturated carbocycles. The summed E-state index contributed by atoms with van der Waals surface area (Å²) in [5.74, 6) is -0.499. The molecule has 2 unspecified atom stereocenters. The number of carboxylic acids is 2. The van der Waals surface area contributed by atoms with Gasteiger partial charge in [-0.2, -0.15) is 0 Å². The third-order valence-corrected chi connectivity index (χ3v) is 5.38. The largest absolute Gasteiger partial charge is 0.481 e. The van der Waals surface area contributed by atoms with Gasteiger partial charge in [0, 0.05) is 39.3 Å². The summed E-state index contributed by atoms with van der Waals surface area (Å²) < 4.78 is 0. The van der Waals surface area contributed by atoms with E-state index in [1.165, 1.54) is 0 Å². The minimum atomic E-state index is -0.833. The zero-order chi connectivity index (χ0) is 22.8. The Morgan fingerprint density at radius 1 is 1.07 bits per heavy atom. The molecule has 9 nitrogen and oxygen atoms in total. The molecule has 0 aliphatic heterocycles. The van der Waals surface area contributed by atoms with E-state index in [2.05, 4.69) is 4.98 Å². The fourth-order valence-electron chi connectivity index (χ4n) is 4.17. The lowest BCUT2D eigenvalue weighted by molar-refractivity contribution is -0.135. The van der Waals surface area contributed by atoms with Gasteiger partial charge < -0.3 is 26.0 Å². The molecule has 0 saturated heterocycles. The summed E-state index contributed by atoms with van der Waals surface area (Å²) in [6.45, 7) is 2.17. The van der Waals surface area contributed by atoms with Gasteiger partial charge in [-0.25, -0.2) is 0 Å². The number of aromatic nitrogens is 1. The number of hydrogen-bond acceptors (Lipinski definition) is 6. The molecule has 0 radical (unpaired) electrons. The van der Waals surface area contributed by atoms with Crippen molar-refractivity contribution in [1.29, 1.82) is 0 Å². The lowest BCUT2D eigenvalue weighted by Crippen LogP contribution is -2.47. The van der Waals surface area contributed by atoms with Crippen molar-refractivity contribution in [2.24, 2.45) is 17.6 Å². The third kappa shape index (κ3) is 8.87. The normalized spacial score (nSPS) is 25.0. The molecule has 5 atom stereocenters. The molecule has 1 aromatic rings. The van der Waals surface area contributed by atoms with Crippen molar-refractivity contribution in [3.05, 3.63) is 30.1 Å². The van der Waals surface area contributed by atoms with Crippen LogP contribution in [0, 0.1) is 11.8 Å². The van der Waals surface area contributed by atoms with E-state index in [4.69, 9.17) is 25.5 Å². The van der Waals surface area contributed by atoms with E-state index in [1.54, 1.807) is 12.4 Å². The Balaban J connectivity index is 0.000000485. The van der Waals surface area contributed by atoms with Crippen LogP contribution in [-0.4, -0.2) is 68.3 Å². The van der Waals surface area contributed by atoms with Crippen LogP contribution in [0.15, 0.2) is 24.5 Å². The second kappa shape index (κ2) is 12.2. The van der Waals surface area contributed by atoms with Gasteiger partial charge in [-0.05, 0) is 61.6 Å². The second-order valence-electron chi connectivity index (χ2n) is 7.92. The summed E-state index contributed by atoms with van der Waals surface area (Å²) in [5, 5.41) is 24.5. The van der Waals surface area contributed by atoms with Crippen molar-refractivity contribution < 1.29 is 29.7 Å². The number of aliphatic hydroxyl groups is 1. The average molecular weight is 424 g/mol. The van der Waals surface area contributed by atoms with Crippen LogP contribution in [0.4, 0.5) is 0 Å². The van der Waals surface area contributed by atoms with Crippen LogP contribution < -0.4 is 5.73 Å². The summed E-state index contributed by atoms with van der Waals surface area (Å²) >= 11 is 0. The Bertz CT molecular complexity index is 665. The van der Waals surface area contributed by atoms with Crippen LogP contribution in [-0.2, 0) is 20.8 Å². The standard InChI is InChI=1S/C17H25N3O2.2C2H4O2/c1-20(14-7-12-9-15(21)10-13(12)8-14)17(22)16(18)6-11-2-4-19-5-3-11;2*1-2(3)4/h2-5,12-16,21H,6-10,18H2,1H3;2*1H3,(H,3,4)/t12-,13+,14?,15?,16-;;/m0../s1. The highest BCUT2D eigenvalue weighted by molar-refractivity contribution is 5.82. The lowest BCUT2D eigenvalue weighted by Gasteiger charge is -2.28. The first kappa shape index (κ1) is 25.5. The van der Waals surface area contributed by atoms with Crippen LogP contribution in [0.5, 0.6) is 0 Å². The number of hydrogen-bond donors (Lipinski definition) is 4. The molecule has 2 aliphatic carbocycles. The number of carbonyl (C=O) groups is 3. The summed E-state index contributed by atoms with van der Waals surface area (Å²) in [4.78, 5) is 36.4. The Morgan fingerprint density at radius 3 is 1.93 bits per heavy atom. The van der Waals surface area contributed by atoms with E-state index >= 15 is 0 Å². The monoisotopic (exact) mass is 423 g/mol. The molecule has 2 aliphatic rings. The number of carboxylic acid groups (broad SMARTS) is 2. The molecule has 30 heavy (non-hydrogen) atoms. The zero-order valence-corrected chi connectivity index (χ0v) is 17.8. The average Bonchev–Trinajstić information content (AvgIpc) is 3.17. The summed E-state index contributed by atoms with van der Waals surface area (Å²) in [5.41, 5.74) is 7.14. The number of pyridine rings is 1. The molecule has 2 fully saturated rings. The number of rotatable bonds is 4. The maximum absolute atomic E-state index is 12.6. The van der Waals surface area contributed by atoms with Crippen LogP contribution in [0.2, 0.25) is 0 Å². The number of amides is 1. The highest BCUT2D eigenvalue weighted by atomic mass is 16.4. The molecule has 0 bridgehead atoms. The minimum Gasteiger partial charge on any atom is -0.481 e. The van der Waals surface area contributed by atoms with Gasteiger partial charge in [0.25, 0.3) is 11.9 Å². The number of carbonyl (C=O) groups excluding carboxylic acids is 1. The van der Waals surface area contributed by atoms with Gasteiger partial charge in [0.05, 0.1) is 12.1 Å². The second-order valence-corrected chi connectivity index (χ2v) is 7.92. The van der Waals surface area contributed by atoms with E-state index in [9.17, 15) is 9.90 Å².